The maximum Gasteiger partial charge on any atom is 0.412 e. The van der Waals surface area contributed by atoms with E-state index in [0.29, 0.717) is 52.4 Å². The largest absolute Gasteiger partial charge is 0.494 e. The molecular formula is C35H35N5O6S2. The number of aryl methyl sites for hydroxylation is 2. The van der Waals surface area contributed by atoms with Gasteiger partial charge in [-0.25, -0.2) is 24.4 Å². The number of carboxylic acid groups (broad SMARTS) is 1. The molecule has 13 heteroatoms. The van der Waals surface area contributed by atoms with Gasteiger partial charge in [0.15, 0.2) is 10.8 Å². The van der Waals surface area contributed by atoms with E-state index in [-0.39, 0.29) is 11.7 Å². The van der Waals surface area contributed by atoms with E-state index < -0.39 is 17.7 Å². The van der Waals surface area contributed by atoms with Crippen LogP contribution in [0.2, 0.25) is 0 Å². The fraction of sp³-hybridized carbons (Fsp3) is 0.286. The van der Waals surface area contributed by atoms with Gasteiger partial charge in [0.05, 0.1) is 16.8 Å². The number of carbonyl (C=O) groups excluding carboxylic acids is 2. The van der Waals surface area contributed by atoms with Gasteiger partial charge in [0, 0.05) is 34.4 Å². The molecule has 0 atom stereocenters. The number of fused-ring (bicyclic) bond motifs is 2. The molecule has 0 unspecified atom stereocenters. The Labute approximate surface area is 285 Å². The molecule has 48 heavy (non-hydrogen) atoms. The lowest BCUT2D eigenvalue weighted by Crippen LogP contribution is -2.38. The van der Waals surface area contributed by atoms with Gasteiger partial charge in [-0.1, -0.05) is 41.7 Å². The number of urea groups is 1. The Hall–Kier alpha value is -5.01. The van der Waals surface area contributed by atoms with Gasteiger partial charge in [0.2, 0.25) is 0 Å². The average molecular weight is 686 g/mol. The monoisotopic (exact) mass is 685 g/mol. The van der Waals surface area contributed by atoms with Crippen molar-refractivity contribution in [2.45, 2.75) is 52.1 Å². The van der Waals surface area contributed by atoms with Crippen LogP contribution in [-0.4, -0.2) is 51.9 Å². The third-order valence-electron chi connectivity index (χ3n) is 7.40. The van der Waals surface area contributed by atoms with Crippen molar-refractivity contribution >= 4 is 67.5 Å². The topological polar surface area (TPSA) is 143 Å². The molecule has 0 radical (unpaired) electrons. The molecule has 0 spiro atoms. The molecule has 5 aromatic rings. The van der Waals surface area contributed by atoms with Crippen LogP contribution >= 0.6 is 22.7 Å². The number of aromatic nitrogens is 2. The third-order valence-corrected chi connectivity index (χ3v) is 9.52. The fourth-order valence-corrected chi connectivity index (χ4v) is 7.27. The van der Waals surface area contributed by atoms with Crippen LogP contribution in [-0.2, 0) is 17.6 Å². The van der Waals surface area contributed by atoms with Gasteiger partial charge >= 0.3 is 18.1 Å². The van der Waals surface area contributed by atoms with Gasteiger partial charge in [-0.15, -0.1) is 11.3 Å². The molecule has 6 rings (SSSR count). The van der Waals surface area contributed by atoms with Gasteiger partial charge in [-0.3, -0.25) is 15.5 Å². The summed E-state index contributed by atoms with van der Waals surface area (Å²) < 4.78 is 12.2. The zero-order valence-corrected chi connectivity index (χ0v) is 28.4. The highest BCUT2D eigenvalue weighted by Crippen LogP contribution is 2.36. The number of amides is 3. The lowest BCUT2D eigenvalue weighted by Gasteiger charge is -2.29. The van der Waals surface area contributed by atoms with Crippen LogP contribution in [0.25, 0.3) is 20.8 Å². The van der Waals surface area contributed by atoms with Crippen molar-refractivity contribution in [2.75, 3.05) is 28.7 Å². The Morgan fingerprint density at radius 2 is 1.81 bits per heavy atom. The van der Waals surface area contributed by atoms with E-state index in [4.69, 9.17) is 9.47 Å². The van der Waals surface area contributed by atoms with Crippen molar-refractivity contribution in [1.82, 2.24) is 9.97 Å². The standard InChI is InChI=1S/C35H35N5O6S2/c1-35(2,3)46-34(44)36-23-10-6-11-24(20-23)45-18-8-14-28-29(31(41)42)38-30(47-28)22-16-15-21-9-7-17-40(26(21)19-22)33(43)39-32-37-25-12-4-5-13-27(25)48-32/h4-6,10-13,15-16,19-20H,7-9,14,17-18H2,1-3H3,(H,36,44)(H,41,42)(H,37,39,43). The van der Waals surface area contributed by atoms with Gasteiger partial charge in [-0.05, 0) is 82.3 Å². The highest BCUT2D eigenvalue weighted by molar-refractivity contribution is 7.22. The van der Waals surface area contributed by atoms with E-state index >= 15 is 0 Å². The zero-order chi connectivity index (χ0) is 33.8. The molecule has 11 nitrogen and oxygen atoms in total. The van der Waals surface area contributed by atoms with Crippen molar-refractivity contribution in [3.05, 3.63) is 82.9 Å². The molecule has 0 saturated heterocycles. The van der Waals surface area contributed by atoms with Gasteiger partial charge in [0.25, 0.3) is 0 Å². The number of thiazole rings is 2. The maximum atomic E-state index is 13.4. The number of para-hydroxylation sites is 1. The van der Waals surface area contributed by atoms with Crippen LogP contribution in [0.5, 0.6) is 5.75 Å². The minimum atomic E-state index is -1.09. The normalized spacial score (nSPS) is 12.8. The second-order valence-corrected chi connectivity index (χ2v) is 14.3. The van der Waals surface area contributed by atoms with Crippen LogP contribution in [0.4, 0.5) is 26.1 Å². The lowest BCUT2D eigenvalue weighted by molar-refractivity contribution is 0.0633. The van der Waals surface area contributed by atoms with Crippen LogP contribution < -0.4 is 20.3 Å². The highest BCUT2D eigenvalue weighted by Gasteiger charge is 2.26. The number of nitrogens with one attached hydrogen (secondary N) is 2. The van der Waals surface area contributed by atoms with E-state index in [0.717, 1.165) is 39.9 Å². The number of nitrogens with zero attached hydrogens (tertiary/aromatic N) is 3. The number of carboxylic acids is 1. The Bertz CT molecular complexity index is 1950. The van der Waals surface area contributed by atoms with Crippen molar-refractivity contribution in [3.8, 4) is 16.3 Å². The number of benzene rings is 3. The molecule has 3 amide bonds. The molecule has 248 valence electrons. The Morgan fingerprint density at radius 1 is 0.979 bits per heavy atom. The average Bonchev–Trinajstić information content (AvgIpc) is 3.66. The molecule has 0 aliphatic carbocycles. The number of aromatic carboxylic acids is 1. The molecule has 3 aromatic carbocycles. The molecule has 3 N–H and O–H groups in total. The van der Waals surface area contributed by atoms with E-state index in [1.807, 2.05) is 42.5 Å². The molecule has 0 fully saturated rings. The highest BCUT2D eigenvalue weighted by atomic mass is 32.1. The summed E-state index contributed by atoms with van der Waals surface area (Å²) in [5, 5.41) is 16.7. The van der Waals surface area contributed by atoms with E-state index in [2.05, 4.69) is 20.6 Å². The van der Waals surface area contributed by atoms with Gasteiger partial charge in [0.1, 0.15) is 16.4 Å². The maximum absolute atomic E-state index is 13.4. The fourth-order valence-electron chi connectivity index (χ4n) is 5.32. The summed E-state index contributed by atoms with van der Waals surface area (Å²) >= 11 is 2.76. The summed E-state index contributed by atoms with van der Waals surface area (Å²) in [5.74, 6) is -0.526. The van der Waals surface area contributed by atoms with Gasteiger partial charge in [-0.2, -0.15) is 0 Å². The van der Waals surface area contributed by atoms with Crippen LogP contribution in [0, 0.1) is 0 Å². The van der Waals surface area contributed by atoms with Crippen molar-refractivity contribution < 1.29 is 29.0 Å². The quantitative estimate of drug-likeness (QED) is 0.131. The second kappa shape index (κ2) is 14.0. The van der Waals surface area contributed by atoms with Crippen molar-refractivity contribution in [2.24, 2.45) is 0 Å². The number of anilines is 3. The van der Waals surface area contributed by atoms with Crippen LogP contribution in [0.1, 0.15) is 54.5 Å². The first kappa shape index (κ1) is 32.9. The first-order valence-electron chi connectivity index (χ1n) is 15.6. The van der Waals surface area contributed by atoms with Crippen molar-refractivity contribution in [1.29, 1.82) is 0 Å². The molecular weight excluding hydrogens is 651 g/mol. The molecule has 3 heterocycles. The summed E-state index contributed by atoms with van der Waals surface area (Å²) in [6, 6.07) is 20.3. The molecule has 1 aliphatic heterocycles. The molecule has 0 saturated carbocycles. The predicted octanol–water partition coefficient (Wildman–Crippen LogP) is 8.46. The SMILES string of the molecule is CC(C)(C)OC(=O)Nc1cccc(OCCCc2sc(-c3ccc4c(c3)N(C(=O)Nc3nc5ccccc5s3)CCC4)nc2C(=O)O)c1. The zero-order valence-electron chi connectivity index (χ0n) is 26.7. The van der Waals surface area contributed by atoms with E-state index in [9.17, 15) is 19.5 Å². The number of hydrogen-bond acceptors (Lipinski definition) is 9. The predicted molar refractivity (Wildman–Crippen MR) is 189 cm³/mol. The molecule has 1 aliphatic rings. The minimum absolute atomic E-state index is 0.0155. The van der Waals surface area contributed by atoms with Crippen molar-refractivity contribution in [3.63, 3.8) is 0 Å². The lowest BCUT2D eigenvalue weighted by atomic mass is 10.00. The van der Waals surface area contributed by atoms with Crippen LogP contribution in [0.15, 0.2) is 66.7 Å². The smallest absolute Gasteiger partial charge is 0.412 e. The van der Waals surface area contributed by atoms with E-state index in [1.54, 1.807) is 49.9 Å². The summed E-state index contributed by atoms with van der Waals surface area (Å²) in [4.78, 5) is 49.1. The number of rotatable bonds is 9. The summed E-state index contributed by atoms with van der Waals surface area (Å²) in [7, 11) is 0. The number of hydrogen-bond donors (Lipinski definition) is 3. The summed E-state index contributed by atoms with van der Waals surface area (Å²) in [6.45, 7) is 6.27. The Morgan fingerprint density at radius 3 is 2.60 bits per heavy atom. The summed E-state index contributed by atoms with van der Waals surface area (Å²) in [6.07, 6.45) is 2.12. The van der Waals surface area contributed by atoms with E-state index in [1.165, 1.54) is 22.7 Å². The molecule has 0 bridgehead atoms. The number of ether oxygens (including phenoxy) is 2. The first-order chi connectivity index (χ1) is 23.0. The second-order valence-electron chi connectivity index (χ2n) is 12.2. The minimum Gasteiger partial charge on any atom is -0.494 e. The molecule has 2 aromatic heterocycles. The third kappa shape index (κ3) is 7.92. The first-order valence-corrected chi connectivity index (χ1v) is 17.2. The van der Waals surface area contributed by atoms with Gasteiger partial charge < -0.3 is 14.6 Å². The summed E-state index contributed by atoms with van der Waals surface area (Å²) in [5.41, 5.74) is 3.35. The van der Waals surface area contributed by atoms with Crippen LogP contribution in [0.3, 0.4) is 0 Å². The Kier molecular flexibility index (Phi) is 9.60. The number of carbonyl (C=O) groups is 3. The Balaban J connectivity index is 1.11.